The van der Waals surface area contributed by atoms with E-state index in [4.69, 9.17) is 26.8 Å². The third-order valence-corrected chi connectivity index (χ3v) is 2.98. The molecule has 2 rings (SSSR count). The van der Waals surface area contributed by atoms with Crippen LogP contribution < -0.4 is 5.73 Å². The highest BCUT2D eigenvalue weighted by atomic mass is 35.5. The normalized spacial score (nSPS) is 23.3. The first-order chi connectivity index (χ1) is 7.74. The molecule has 5 nitrogen and oxygen atoms in total. The SMILES string of the molecule is CCn1ncc(Cl)c1C(N)C1COCCO1. The van der Waals surface area contributed by atoms with E-state index < -0.39 is 0 Å². The van der Waals surface area contributed by atoms with E-state index in [0.29, 0.717) is 24.8 Å². The first kappa shape index (κ1) is 11.9. The molecule has 1 fully saturated rings. The van der Waals surface area contributed by atoms with Crippen molar-refractivity contribution in [3.05, 3.63) is 16.9 Å². The lowest BCUT2D eigenvalue weighted by Gasteiger charge is -2.28. The van der Waals surface area contributed by atoms with Crippen LogP contribution in [0.25, 0.3) is 0 Å². The van der Waals surface area contributed by atoms with Gasteiger partial charge < -0.3 is 15.2 Å². The molecule has 90 valence electrons. The minimum absolute atomic E-state index is 0.145. The Morgan fingerprint density at radius 3 is 3.12 bits per heavy atom. The van der Waals surface area contributed by atoms with Crippen molar-refractivity contribution in [2.75, 3.05) is 19.8 Å². The van der Waals surface area contributed by atoms with Crippen LogP contribution in [0.5, 0.6) is 0 Å². The number of hydrogen-bond donors (Lipinski definition) is 1. The van der Waals surface area contributed by atoms with Crippen molar-refractivity contribution in [3.63, 3.8) is 0 Å². The van der Waals surface area contributed by atoms with Gasteiger partial charge in [-0.3, -0.25) is 4.68 Å². The zero-order chi connectivity index (χ0) is 11.5. The number of hydrogen-bond acceptors (Lipinski definition) is 4. The zero-order valence-electron chi connectivity index (χ0n) is 9.23. The largest absolute Gasteiger partial charge is 0.376 e. The summed E-state index contributed by atoms with van der Waals surface area (Å²) in [6.07, 6.45) is 1.47. The first-order valence-corrected chi connectivity index (χ1v) is 5.78. The fourth-order valence-corrected chi connectivity index (χ4v) is 2.11. The molecule has 6 heteroatoms. The lowest BCUT2D eigenvalue weighted by molar-refractivity contribution is -0.0983. The number of aryl methyl sites for hydroxylation is 1. The number of ether oxygens (including phenoxy) is 2. The van der Waals surface area contributed by atoms with E-state index in [-0.39, 0.29) is 12.1 Å². The molecule has 2 heterocycles. The van der Waals surface area contributed by atoms with Crippen molar-refractivity contribution in [1.29, 1.82) is 0 Å². The van der Waals surface area contributed by atoms with E-state index in [9.17, 15) is 0 Å². The Bertz CT molecular complexity index is 350. The minimum atomic E-state index is -0.296. The maximum absolute atomic E-state index is 6.14. The van der Waals surface area contributed by atoms with Crippen LogP contribution in [0.4, 0.5) is 0 Å². The Hall–Kier alpha value is -0.620. The second kappa shape index (κ2) is 5.14. The molecular formula is C10H16ClN3O2. The Morgan fingerprint density at radius 2 is 2.50 bits per heavy atom. The topological polar surface area (TPSA) is 62.3 Å². The van der Waals surface area contributed by atoms with Crippen LogP contribution in [0.15, 0.2) is 6.20 Å². The number of nitrogens with two attached hydrogens (primary N) is 1. The fraction of sp³-hybridized carbons (Fsp3) is 0.700. The summed E-state index contributed by atoms with van der Waals surface area (Å²) in [6.45, 7) is 4.45. The summed E-state index contributed by atoms with van der Waals surface area (Å²) in [4.78, 5) is 0. The van der Waals surface area contributed by atoms with Crippen LogP contribution in [-0.2, 0) is 16.0 Å². The van der Waals surface area contributed by atoms with Gasteiger partial charge in [0, 0.05) is 6.54 Å². The molecule has 16 heavy (non-hydrogen) atoms. The molecule has 0 saturated carbocycles. The molecule has 0 amide bonds. The molecule has 1 saturated heterocycles. The van der Waals surface area contributed by atoms with Gasteiger partial charge in [0.25, 0.3) is 0 Å². The van der Waals surface area contributed by atoms with Crippen LogP contribution in [0.1, 0.15) is 18.7 Å². The third-order valence-electron chi connectivity index (χ3n) is 2.69. The van der Waals surface area contributed by atoms with E-state index in [1.165, 1.54) is 0 Å². The maximum Gasteiger partial charge on any atom is 0.102 e. The van der Waals surface area contributed by atoms with Gasteiger partial charge in [0.2, 0.25) is 0 Å². The number of aromatic nitrogens is 2. The molecule has 1 aliphatic heterocycles. The van der Waals surface area contributed by atoms with Crippen LogP contribution in [0, 0.1) is 0 Å². The average molecular weight is 246 g/mol. The molecule has 1 aliphatic rings. The Morgan fingerprint density at radius 1 is 1.69 bits per heavy atom. The lowest BCUT2D eigenvalue weighted by Crippen LogP contribution is -2.39. The number of halogens is 1. The Balaban J connectivity index is 2.18. The summed E-state index contributed by atoms with van der Waals surface area (Å²) in [5.74, 6) is 0. The molecule has 1 aromatic heterocycles. The van der Waals surface area contributed by atoms with E-state index >= 15 is 0 Å². The smallest absolute Gasteiger partial charge is 0.102 e. The summed E-state index contributed by atoms with van der Waals surface area (Å²) in [5, 5.41) is 4.75. The molecule has 0 bridgehead atoms. The van der Waals surface area contributed by atoms with Crippen molar-refractivity contribution < 1.29 is 9.47 Å². The number of rotatable bonds is 3. The lowest BCUT2D eigenvalue weighted by atomic mass is 10.1. The van der Waals surface area contributed by atoms with Gasteiger partial charge in [-0.2, -0.15) is 5.10 Å². The second-order valence-electron chi connectivity index (χ2n) is 3.70. The fourth-order valence-electron chi connectivity index (χ4n) is 1.84. The molecule has 2 atom stereocenters. The van der Waals surface area contributed by atoms with Crippen molar-refractivity contribution >= 4 is 11.6 Å². The van der Waals surface area contributed by atoms with Gasteiger partial charge in [0.1, 0.15) is 6.10 Å². The van der Waals surface area contributed by atoms with Gasteiger partial charge in [-0.25, -0.2) is 0 Å². The van der Waals surface area contributed by atoms with Gasteiger partial charge in [-0.15, -0.1) is 0 Å². The van der Waals surface area contributed by atoms with Crippen molar-refractivity contribution in [3.8, 4) is 0 Å². The number of nitrogens with zero attached hydrogens (tertiary/aromatic N) is 2. The summed E-state index contributed by atoms with van der Waals surface area (Å²) in [6, 6.07) is -0.296. The predicted octanol–water partition coefficient (Wildman–Crippen LogP) is 0.972. The van der Waals surface area contributed by atoms with Gasteiger partial charge in [0.15, 0.2) is 0 Å². The van der Waals surface area contributed by atoms with Crippen molar-refractivity contribution in [2.45, 2.75) is 25.6 Å². The zero-order valence-corrected chi connectivity index (χ0v) is 9.98. The highest BCUT2D eigenvalue weighted by Gasteiger charge is 2.27. The van der Waals surface area contributed by atoms with Crippen molar-refractivity contribution in [2.24, 2.45) is 5.73 Å². The summed E-state index contributed by atoms with van der Waals surface area (Å²) in [7, 11) is 0. The molecule has 2 unspecified atom stereocenters. The van der Waals surface area contributed by atoms with Gasteiger partial charge in [-0.05, 0) is 6.92 Å². The molecule has 2 N–H and O–H groups in total. The second-order valence-corrected chi connectivity index (χ2v) is 4.11. The molecule has 0 aromatic carbocycles. The van der Waals surface area contributed by atoms with Gasteiger partial charge >= 0.3 is 0 Å². The highest BCUT2D eigenvalue weighted by molar-refractivity contribution is 6.31. The van der Waals surface area contributed by atoms with E-state index in [1.54, 1.807) is 10.9 Å². The van der Waals surface area contributed by atoms with E-state index in [1.807, 2.05) is 6.92 Å². The van der Waals surface area contributed by atoms with E-state index in [2.05, 4.69) is 5.10 Å². The summed E-state index contributed by atoms with van der Waals surface area (Å²) >= 11 is 6.08. The predicted molar refractivity (Wildman–Crippen MR) is 60.4 cm³/mol. The summed E-state index contributed by atoms with van der Waals surface area (Å²) in [5.41, 5.74) is 6.96. The Kier molecular flexibility index (Phi) is 3.81. The van der Waals surface area contributed by atoms with Crippen LogP contribution in [-0.4, -0.2) is 35.7 Å². The molecule has 0 aliphatic carbocycles. The molecule has 1 aromatic rings. The van der Waals surface area contributed by atoms with Crippen LogP contribution in [0.2, 0.25) is 5.02 Å². The summed E-state index contributed by atoms with van der Waals surface area (Å²) < 4.78 is 12.7. The molecule has 0 spiro atoms. The van der Waals surface area contributed by atoms with Crippen LogP contribution in [0.3, 0.4) is 0 Å². The van der Waals surface area contributed by atoms with E-state index in [0.717, 1.165) is 12.2 Å². The standard InChI is InChI=1S/C10H16ClN3O2/c1-2-14-10(7(11)5-13-14)9(12)8-6-15-3-4-16-8/h5,8-9H,2-4,6,12H2,1H3. The monoisotopic (exact) mass is 245 g/mol. The first-order valence-electron chi connectivity index (χ1n) is 5.40. The third kappa shape index (κ3) is 2.22. The van der Waals surface area contributed by atoms with Gasteiger partial charge in [-0.1, -0.05) is 11.6 Å². The van der Waals surface area contributed by atoms with Crippen LogP contribution >= 0.6 is 11.6 Å². The molecule has 0 radical (unpaired) electrons. The van der Waals surface area contributed by atoms with Gasteiger partial charge in [0.05, 0.1) is 42.8 Å². The minimum Gasteiger partial charge on any atom is -0.376 e. The highest BCUT2D eigenvalue weighted by Crippen LogP contribution is 2.25. The maximum atomic E-state index is 6.14. The quantitative estimate of drug-likeness (QED) is 0.862. The average Bonchev–Trinajstić information content (AvgIpc) is 2.70. The van der Waals surface area contributed by atoms with Crippen molar-refractivity contribution in [1.82, 2.24) is 9.78 Å². The Labute approximate surface area is 99.5 Å². The molecular weight excluding hydrogens is 230 g/mol.